The van der Waals surface area contributed by atoms with Crippen LogP contribution in [0.1, 0.15) is 37.0 Å². The monoisotopic (exact) mass is 411 g/mol. The molecule has 0 aliphatic carbocycles. The molecule has 2 saturated heterocycles. The van der Waals surface area contributed by atoms with Crippen molar-refractivity contribution in [2.24, 2.45) is 0 Å². The lowest BCUT2D eigenvalue weighted by Crippen LogP contribution is -2.47. The number of esters is 1. The van der Waals surface area contributed by atoms with Crippen molar-refractivity contribution in [1.29, 1.82) is 0 Å². The van der Waals surface area contributed by atoms with Crippen LogP contribution in [-0.2, 0) is 14.3 Å². The zero-order valence-electron chi connectivity index (χ0n) is 13.5. The Morgan fingerprint density at radius 2 is 2.04 bits per heavy atom. The molecule has 2 aliphatic heterocycles. The summed E-state index contributed by atoms with van der Waals surface area (Å²) in [5.74, 6) is -0.256. The third-order valence-electron chi connectivity index (χ3n) is 4.51. The van der Waals surface area contributed by atoms with E-state index in [1.54, 1.807) is 47.9 Å². The number of carbonyl (C=O) groups excluding carboxylic acids is 3. The van der Waals surface area contributed by atoms with Crippen molar-refractivity contribution in [2.45, 2.75) is 43.7 Å². The number of carbonyl (C=O) groups is 3. The van der Waals surface area contributed by atoms with Crippen molar-refractivity contribution in [2.75, 3.05) is 5.75 Å². The zero-order valence-corrected chi connectivity index (χ0v) is 15.9. The fourth-order valence-corrected chi connectivity index (χ4v) is 4.83. The van der Waals surface area contributed by atoms with Gasteiger partial charge in [0, 0.05) is 22.2 Å². The number of Topliss-reactive ketones (excluding diaryl/α,β-unsaturated/α-hetero) is 1. The first-order chi connectivity index (χ1) is 11.3. The summed E-state index contributed by atoms with van der Waals surface area (Å²) in [6.45, 7) is 3.54. The highest BCUT2D eigenvalue weighted by Crippen LogP contribution is 2.47. The number of nitrogens with zero attached hydrogens (tertiary/aromatic N) is 1. The van der Waals surface area contributed by atoms with Crippen LogP contribution in [0.15, 0.2) is 28.7 Å². The molecule has 1 aromatic carbocycles. The molecule has 0 N–H and O–H groups in total. The molecule has 0 unspecified atom stereocenters. The minimum absolute atomic E-state index is 0.0173. The Balaban J connectivity index is 1.67. The largest absolute Gasteiger partial charge is 0.453 e. The number of ether oxygens (including phenoxy) is 1. The van der Waals surface area contributed by atoms with Crippen LogP contribution in [-0.4, -0.2) is 45.3 Å². The summed E-state index contributed by atoms with van der Waals surface area (Å²) in [7, 11) is 0. The second-order valence-electron chi connectivity index (χ2n) is 6.22. The number of amides is 1. The molecule has 24 heavy (non-hydrogen) atoms. The van der Waals surface area contributed by atoms with Gasteiger partial charge in [-0.2, -0.15) is 0 Å². The van der Waals surface area contributed by atoms with Crippen molar-refractivity contribution in [3.8, 4) is 0 Å². The lowest BCUT2D eigenvalue weighted by atomic mass is 10.1. The summed E-state index contributed by atoms with van der Waals surface area (Å²) >= 11 is 4.92. The van der Waals surface area contributed by atoms with Crippen molar-refractivity contribution in [3.05, 3.63) is 34.3 Å². The van der Waals surface area contributed by atoms with Gasteiger partial charge in [0.15, 0.2) is 6.10 Å². The van der Waals surface area contributed by atoms with Crippen LogP contribution in [0.25, 0.3) is 0 Å². The van der Waals surface area contributed by atoms with E-state index in [9.17, 15) is 14.4 Å². The number of hydrogen-bond donors (Lipinski definition) is 0. The number of fused-ring (bicyclic) bond motifs is 1. The fourth-order valence-electron chi connectivity index (χ4n) is 3.15. The molecule has 128 valence electrons. The lowest BCUT2D eigenvalue weighted by molar-refractivity contribution is -0.155. The predicted octanol–water partition coefficient (Wildman–Crippen LogP) is 3.02. The molecule has 2 heterocycles. The van der Waals surface area contributed by atoms with E-state index < -0.39 is 18.1 Å². The lowest BCUT2D eigenvalue weighted by Gasteiger charge is -2.29. The van der Waals surface area contributed by atoms with Gasteiger partial charge in [-0.05, 0) is 32.4 Å². The summed E-state index contributed by atoms with van der Waals surface area (Å²) in [6.07, 6.45) is 0.321. The number of ketones is 1. The third-order valence-corrected chi connectivity index (χ3v) is 6.54. The van der Waals surface area contributed by atoms with Gasteiger partial charge < -0.3 is 9.64 Å². The number of hydrogen-bond acceptors (Lipinski definition) is 5. The maximum absolute atomic E-state index is 12.5. The Hall–Kier alpha value is -1.34. The topological polar surface area (TPSA) is 63.7 Å². The second kappa shape index (κ2) is 6.52. The minimum Gasteiger partial charge on any atom is -0.453 e. The van der Waals surface area contributed by atoms with E-state index in [1.807, 2.05) is 6.92 Å². The highest BCUT2D eigenvalue weighted by Gasteiger charge is 2.53. The van der Waals surface area contributed by atoms with E-state index in [0.717, 1.165) is 10.9 Å². The van der Waals surface area contributed by atoms with Gasteiger partial charge in [-0.3, -0.25) is 9.59 Å². The Labute approximate surface area is 153 Å². The van der Waals surface area contributed by atoms with E-state index in [0.29, 0.717) is 17.7 Å². The maximum Gasteiger partial charge on any atom is 0.330 e. The van der Waals surface area contributed by atoms with E-state index in [-0.39, 0.29) is 16.6 Å². The summed E-state index contributed by atoms with van der Waals surface area (Å²) in [5.41, 5.74) is 0.487. The molecular formula is C17H18BrNO4S. The van der Waals surface area contributed by atoms with Crippen LogP contribution in [0.5, 0.6) is 0 Å². The van der Waals surface area contributed by atoms with Gasteiger partial charge in [0.25, 0.3) is 0 Å². The highest BCUT2D eigenvalue weighted by molar-refractivity contribution is 9.10. The predicted molar refractivity (Wildman–Crippen MR) is 94.8 cm³/mol. The standard InChI is InChI=1S/C17H18BrNO4S/c1-10(15(21)11-3-5-12(18)6-4-11)23-16(22)13-9-24-17(2)8-7-14(20)19(13)17/h3-6,10,13H,7-9H2,1-2H3/t10-,13-,17-/m0/s1. The number of halogens is 1. The number of benzene rings is 1. The first-order valence-electron chi connectivity index (χ1n) is 7.78. The fraction of sp³-hybridized carbons (Fsp3) is 0.471. The molecule has 0 radical (unpaired) electrons. The first kappa shape index (κ1) is 17.5. The van der Waals surface area contributed by atoms with Crippen molar-refractivity contribution in [3.63, 3.8) is 0 Å². The van der Waals surface area contributed by atoms with Gasteiger partial charge in [0.1, 0.15) is 6.04 Å². The summed E-state index contributed by atoms with van der Waals surface area (Å²) in [6, 6.07) is 6.30. The molecule has 0 saturated carbocycles. The number of thioether (sulfide) groups is 1. The Kier molecular flexibility index (Phi) is 4.75. The minimum atomic E-state index is -0.881. The molecule has 5 nitrogen and oxygen atoms in total. The van der Waals surface area contributed by atoms with Crippen LogP contribution >= 0.6 is 27.7 Å². The zero-order chi connectivity index (χ0) is 17.5. The van der Waals surface area contributed by atoms with Gasteiger partial charge in [-0.15, -0.1) is 11.8 Å². The Morgan fingerprint density at radius 3 is 2.71 bits per heavy atom. The maximum atomic E-state index is 12.5. The molecule has 3 rings (SSSR count). The second-order valence-corrected chi connectivity index (χ2v) is 8.63. The third kappa shape index (κ3) is 3.11. The molecule has 0 spiro atoms. The normalized spacial score (nSPS) is 27.0. The molecule has 3 atom stereocenters. The van der Waals surface area contributed by atoms with Crippen LogP contribution < -0.4 is 0 Å². The van der Waals surface area contributed by atoms with E-state index in [2.05, 4.69) is 15.9 Å². The quantitative estimate of drug-likeness (QED) is 0.562. The van der Waals surface area contributed by atoms with Gasteiger partial charge in [0.05, 0.1) is 4.87 Å². The van der Waals surface area contributed by atoms with Gasteiger partial charge in [-0.25, -0.2) is 4.79 Å². The average Bonchev–Trinajstić information content (AvgIpc) is 3.04. The van der Waals surface area contributed by atoms with Crippen molar-refractivity contribution >= 4 is 45.4 Å². The van der Waals surface area contributed by atoms with Crippen LogP contribution in [0, 0.1) is 0 Å². The summed E-state index contributed by atoms with van der Waals surface area (Å²) < 4.78 is 6.25. The van der Waals surface area contributed by atoms with Gasteiger partial charge >= 0.3 is 5.97 Å². The van der Waals surface area contributed by atoms with Crippen molar-refractivity contribution in [1.82, 2.24) is 4.90 Å². The summed E-state index contributed by atoms with van der Waals surface area (Å²) in [5, 5.41) is 0. The van der Waals surface area contributed by atoms with Crippen LogP contribution in [0.2, 0.25) is 0 Å². The summed E-state index contributed by atoms with van der Waals surface area (Å²) in [4.78, 5) is 38.3. The Morgan fingerprint density at radius 1 is 1.38 bits per heavy atom. The smallest absolute Gasteiger partial charge is 0.330 e. The first-order valence-corrected chi connectivity index (χ1v) is 9.56. The molecule has 2 fully saturated rings. The molecular weight excluding hydrogens is 394 g/mol. The van der Waals surface area contributed by atoms with Crippen LogP contribution in [0.4, 0.5) is 0 Å². The SMILES string of the molecule is C[C@H](OC(=O)[C@@H]1CS[C@@]2(C)CCC(=O)N12)C(=O)c1ccc(Br)cc1. The molecule has 0 aromatic heterocycles. The molecule has 1 aromatic rings. The Bertz CT molecular complexity index is 692. The van der Waals surface area contributed by atoms with E-state index in [1.165, 1.54) is 0 Å². The van der Waals surface area contributed by atoms with E-state index >= 15 is 0 Å². The molecule has 0 bridgehead atoms. The van der Waals surface area contributed by atoms with E-state index in [4.69, 9.17) is 4.74 Å². The number of rotatable bonds is 4. The molecule has 2 aliphatic rings. The molecule has 1 amide bonds. The molecule has 7 heteroatoms. The van der Waals surface area contributed by atoms with Gasteiger partial charge in [-0.1, -0.05) is 28.1 Å². The average molecular weight is 412 g/mol. The highest BCUT2D eigenvalue weighted by atomic mass is 79.9. The van der Waals surface area contributed by atoms with Crippen LogP contribution in [0.3, 0.4) is 0 Å². The van der Waals surface area contributed by atoms with Gasteiger partial charge in [0.2, 0.25) is 11.7 Å². The van der Waals surface area contributed by atoms with Crippen molar-refractivity contribution < 1.29 is 19.1 Å².